The van der Waals surface area contributed by atoms with Crippen molar-refractivity contribution in [3.63, 3.8) is 0 Å². The third kappa shape index (κ3) is 6.16. The zero-order chi connectivity index (χ0) is 10.9. The molecule has 1 fully saturated rings. The van der Waals surface area contributed by atoms with Crippen LogP contribution in [-0.2, 0) is 0 Å². The fourth-order valence-electron chi connectivity index (χ4n) is 2.21. The van der Waals surface area contributed by atoms with Gasteiger partial charge in [0.25, 0.3) is 0 Å². The van der Waals surface area contributed by atoms with Crippen LogP contribution < -0.4 is 0 Å². The van der Waals surface area contributed by atoms with Crippen molar-refractivity contribution in [1.82, 2.24) is 9.80 Å². The Bertz CT molecular complexity index is 139. The van der Waals surface area contributed by atoms with E-state index in [1.807, 2.05) is 0 Å². The van der Waals surface area contributed by atoms with Crippen molar-refractivity contribution in [2.24, 2.45) is 0 Å². The molecule has 1 heterocycles. The SMILES string of the molecule is CCCCN(C)CCN1CCCCCC1. The molecular weight excluding hydrogens is 184 g/mol. The van der Waals surface area contributed by atoms with Gasteiger partial charge in [-0.3, -0.25) is 0 Å². The van der Waals surface area contributed by atoms with Crippen LogP contribution in [0.4, 0.5) is 0 Å². The van der Waals surface area contributed by atoms with Crippen LogP contribution >= 0.6 is 0 Å². The maximum atomic E-state index is 2.65. The van der Waals surface area contributed by atoms with Gasteiger partial charge >= 0.3 is 0 Å². The van der Waals surface area contributed by atoms with E-state index >= 15 is 0 Å². The predicted molar refractivity (Wildman–Crippen MR) is 67.3 cm³/mol. The maximum Gasteiger partial charge on any atom is 0.0109 e. The highest BCUT2D eigenvalue weighted by Gasteiger charge is 2.09. The van der Waals surface area contributed by atoms with Crippen LogP contribution in [0, 0.1) is 0 Å². The van der Waals surface area contributed by atoms with Crippen molar-refractivity contribution < 1.29 is 0 Å². The van der Waals surface area contributed by atoms with Crippen molar-refractivity contribution in [3.05, 3.63) is 0 Å². The predicted octanol–water partition coefficient (Wildman–Crippen LogP) is 2.59. The van der Waals surface area contributed by atoms with Gasteiger partial charge in [0.1, 0.15) is 0 Å². The fourth-order valence-corrected chi connectivity index (χ4v) is 2.21. The van der Waals surface area contributed by atoms with Gasteiger partial charge in [-0.05, 0) is 45.9 Å². The molecule has 0 bridgehead atoms. The molecule has 0 aromatic heterocycles. The molecular formula is C13H28N2. The second-order valence-electron chi connectivity index (χ2n) is 4.91. The highest BCUT2D eigenvalue weighted by Crippen LogP contribution is 2.09. The van der Waals surface area contributed by atoms with E-state index in [4.69, 9.17) is 0 Å². The normalized spacial score (nSPS) is 19.4. The highest BCUT2D eigenvalue weighted by atomic mass is 15.2. The molecule has 15 heavy (non-hydrogen) atoms. The molecule has 90 valence electrons. The molecule has 0 aromatic carbocycles. The second-order valence-corrected chi connectivity index (χ2v) is 4.91. The molecule has 0 aromatic rings. The summed E-state index contributed by atoms with van der Waals surface area (Å²) < 4.78 is 0. The van der Waals surface area contributed by atoms with Gasteiger partial charge in [0, 0.05) is 13.1 Å². The first-order valence-electron chi connectivity index (χ1n) is 6.74. The molecule has 0 saturated carbocycles. The third-order valence-corrected chi connectivity index (χ3v) is 3.39. The summed E-state index contributed by atoms with van der Waals surface area (Å²) in [6, 6.07) is 0. The van der Waals surface area contributed by atoms with Gasteiger partial charge in [-0.2, -0.15) is 0 Å². The van der Waals surface area contributed by atoms with Crippen molar-refractivity contribution in [2.45, 2.75) is 45.4 Å². The average Bonchev–Trinajstić information content (AvgIpc) is 2.51. The number of unbranched alkanes of at least 4 members (excludes halogenated alkanes) is 1. The fraction of sp³-hybridized carbons (Fsp3) is 1.00. The average molecular weight is 212 g/mol. The van der Waals surface area contributed by atoms with E-state index < -0.39 is 0 Å². The summed E-state index contributed by atoms with van der Waals surface area (Å²) in [6.45, 7) is 8.73. The Kier molecular flexibility index (Phi) is 7.03. The molecule has 0 amide bonds. The lowest BCUT2D eigenvalue weighted by Crippen LogP contribution is -2.34. The van der Waals surface area contributed by atoms with E-state index in [9.17, 15) is 0 Å². The molecule has 1 aliphatic rings. The summed E-state index contributed by atoms with van der Waals surface area (Å²) in [5.41, 5.74) is 0. The standard InChI is InChI=1S/C13H28N2/c1-3-4-9-14(2)12-13-15-10-7-5-6-8-11-15/h3-13H2,1-2H3. The summed E-state index contributed by atoms with van der Waals surface area (Å²) >= 11 is 0. The van der Waals surface area contributed by atoms with Crippen molar-refractivity contribution >= 4 is 0 Å². The van der Waals surface area contributed by atoms with Crippen LogP contribution in [0.25, 0.3) is 0 Å². The topological polar surface area (TPSA) is 6.48 Å². The van der Waals surface area contributed by atoms with Crippen molar-refractivity contribution in [3.8, 4) is 0 Å². The van der Waals surface area contributed by atoms with Crippen LogP contribution in [-0.4, -0.2) is 49.6 Å². The molecule has 1 rings (SSSR count). The number of hydrogen-bond acceptors (Lipinski definition) is 2. The Balaban J connectivity index is 2.06. The molecule has 1 aliphatic heterocycles. The van der Waals surface area contributed by atoms with E-state index in [0.717, 1.165) is 0 Å². The highest BCUT2D eigenvalue weighted by molar-refractivity contribution is 4.65. The summed E-state index contributed by atoms with van der Waals surface area (Å²) in [4.78, 5) is 5.13. The first-order valence-corrected chi connectivity index (χ1v) is 6.74. The minimum absolute atomic E-state index is 1.25. The van der Waals surface area contributed by atoms with Crippen molar-refractivity contribution in [2.75, 3.05) is 39.8 Å². The van der Waals surface area contributed by atoms with Crippen LogP contribution in [0.2, 0.25) is 0 Å². The summed E-state index contributed by atoms with van der Waals surface area (Å²) in [5.74, 6) is 0. The molecule has 0 atom stereocenters. The lowest BCUT2D eigenvalue weighted by molar-refractivity contribution is 0.229. The van der Waals surface area contributed by atoms with Crippen LogP contribution in [0.3, 0.4) is 0 Å². The lowest BCUT2D eigenvalue weighted by atomic mass is 10.2. The zero-order valence-corrected chi connectivity index (χ0v) is 10.7. The van der Waals surface area contributed by atoms with Gasteiger partial charge in [0.15, 0.2) is 0 Å². The number of likely N-dealkylation sites (tertiary alicyclic amines) is 1. The second kappa shape index (κ2) is 8.12. The minimum Gasteiger partial charge on any atom is -0.305 e. The Morgan fingerprint density at radius 3 is 2.27 bits per heavy atom. The molecule has 0 radical (unpaired) electrons. The minimum atomic E-state index is 1.25. The Labute approximate surface area is 95.6 Å². The molecule has 2 heteroatoms. The maximum absolute atomic E-state index is 2.65. The zero-order valence-electron chi connectivity index (χ0n) is 10.7. The van der Waals surface area contributed by atoms with Crippen LogP contribution in [0.15, 0.2) is 0 Å². The van der Waals surface area contributed by atoms with Crippen molar-refractivity contribution in [1.29, 1.82) is 0 Å². The van der Waals surface area contributed by atoms with Gasteiger partial charge in [-0.1, -0.05) is 26.2 Å². The summed E-state index contributed by atoms with van der Waals surface area (Å²) in [5, 5.41) is 0. The Morgan fingerprint density at radius 1 is 1.00 bits per heavy atom. The third-order valence-electron chi connectivity index (χ3n) is 3.39. The molecule has 1 saturated heterocycles. The first-order chi connectivity index (χ1) is 7.33. The van der Waals surface area contributed by atoms with Gasteiger partial charge in [0.05, 0.1) is 0 Å². The number of rotatable bonds is 6. The number of nitrogens with zero attached hydrogens (tertiary/aromatic N) is 2. The largest absolute Gasteiger partial charge is 0.305 e. The molecule has 0 aliphatic carbocycles. The number of likely N-dealkylation sites (N-methyl/N-ethyl adjacent to an activating group) is 1. The van der Waals surface area contributed by atoms with Gasteiger partial charge < -0.3 is 9.80 Å². The van der Waals surface area contributed by atoms with E-state index in [2.05, 4.69) is 23.8 Å². The number of hydrogen-bond donors (Lipinski definition) is 0. The first kappa shape index (κ1) is 13.0. The van der Waals surface area contributed by atoms with E-state index in [1.165, 1.54) is 71.2 Å². The van der Waals surface area contributed by atoms with Crippen LogP contribution in [0.5, 0.6) is 0 Å². The Hall–Kier alpha value is -0.0800. The van der Waals surface area contributed by atoms with Crippen LogP contribution in [0.1, 0.15) is 45.4 Å². The van der Waals surface area contributed by atoms with E-state index in [0.29, 0.717) is 0 Å². The summed E-state index contributed by atoms with van der Waals surface area (Å²) in [7, 11) is 2.26. The monoisotopic (exact) mass is 212 g/mol. The van der Waals surface area contributed by atoms with Gasteiger partial charge in [0.2, 0.25) is 0 Å². The quantitative estimate of drug-likeness (QED) is 0.668. The summed E-state index contributed by atoms with van der Waals surface area (Å²) in [6.07, 6.45) is 8.38. The van der Waals surface area contributed by atoms with E-state index in [-0.39, 0.29) is 0 Å². The molecule has 0 unspecified atom stereocenters. The molecule has 0 N–H and O–H groups in total. The smallest absolute Gasteiger partial charge is 0.0109 e. The Morgan fingerprint density at radius 2 is 1.67 bits per heavy atom. The molecule has 2 nitrogen and oxygen atoms in total. The van der Waals surface area contributed by atoms with Gasteiger partial charge in [-0.25, -0.2) is 0 Å². The lowest BCUT2D eigenvalue weighted by Gasteiger charge is -2.23. The van der Waals surface area contributed by atoms with Gasteiger partial charge in [-0.15, -0.1) is 0 Å². The van der Waals surface area contributed by atoms with E-state index in [1.54, 1.807) is 0 Å². The molecule has 0 spiro atoms.